The minimum absolute atomic E-state index is 0. The molecule has 2 heterocycles. The molecule has 0 fully saturated rings. The zero-order chi connectivity index (χ0) is 10.8. The van der Waals surface area contributed by atoms with E-state index in [0.29, 0.717) is 16.9 Å². The van der Waals surface area contributed by atoms with Crippen molar-refractivity contribution in [2.75, 3.05) is 7.11 Å². The Morgan fingerprint density at radius 2 is 1.71 bits per heavy atom. The average Bonchev–Trinajstić information content (AvgIpc) is 2.27. The van der Waals surface area contributed by atoms with Gasteiger partial charge < -0.3 is 10.5 Å². The van der Waals surface area contributed by atoms with Crippen molar-refractivity contribution >= 4 is 41.8 Å². The molecule has 17 heavy (non-hydrogen) atoms. The predicted octanol–water partition coefficient (Wildman–Crippen LogP) is 1.58. The summed E-state index contributed by atoms with van der Waals surface area (Å²) in [7, 11) is 1.54. The van der Waals surface area contributed by atoms with Gasteiger partial charge in [-0.1, -0.05) is 0 Å². The third-order valence-corrected chi connectivity index (χ3v) is 1.98. The molecule has 7 heteroatoms. The second kappa shape index (κ2) is 6.22. The van der Waals surface area contributed by atoms with Crippen LogP contribution in [0.15, 0.2) is 24.3 Å². The van der Waals surface area contributed by atoms with E-state index in [9.17, 15) is 4.79 Å². The van der Waals surface area contributed by atoms with Gasteiger partial charge in [-0.25, -0.2) is 9.97 Å². The quantitative estimate of drug-likeness (QED) is 0.903. The number of amides is 1. The molecule has 0 atom stereocenters. The lowest BCUT2D eigenvalue weighted by Gasteiger charge is -2.01. The molecule has 0 saturated carbocycles. The highest BCUT2D eigenvalue weighted by molar-refractivity contribution is 5.93. The third kappa shape index (κ3) is 3.18. The first-order chi connectivity index (χ1) is 7.20. The Labute approximate surface area is 110 Å². The standard InChI is InChI=1S/C10H9N3O2.2ClH/c1-15-9-5-4-6-7(13-9)2-3-8(12-6)10(11)14;;/h2-5H,1H3,(H2,11,14);2*1H. The van der Waals surface area contributed by atoms with Crippen molar-refractivity contribution in [3.63, 3.8) is 0 Å². The number of hydrogen-bond acceptors (Lipinski definition) is 4. The first kappa shape index (κ1) is 15.4. The minimum atomic E-state index is -0.548. The van der Waals surface area contributed by atoms with Crippen LogP contribution in [0.2, 0.25) is 0 Å². The highest BCUT2D eigenvalue weighted by atomic mass is 35.5. The van der Waals surface area contributed by atoms with Crippen LogP contribution in [0.5, 0.6) is 5.88 Å². The summed E-state index contributed by atoms with van der Waals surface area (Å²) in [6.07, 6.45) is 0. The Morgan fingerprint density at radius 1 is 1.12 bits per heavy atom. The van der Waals surface area contributed by atoms with Crippen LogP contribution in [0, 0.1) is 0 Å². The first-order valence-electron chi connectivity index (χ1n) is 4.32. The van der Waals surface area contributed by atoms with Gasteiger partial charge in [0.25, 0.3) is 5.91 Å². The molecule has 0 aromatic carbocycles. The number of nitrogens with zero attached hydrogens (tertiary/aromatic N) is 2. The number of carbonyl (C=O) groups excluding carboxylic acids is 1. The van der Waals surface area contributed by atoms with Gasteiger partial charge in [0.1, 0.15) is 5.69 Å². The maximum Gasteiger partial charge on any atom is 0.267 e. The summed E-state index contributed by atoms with van der Waals surface area (Å²) in [6, 6.07) is 6.63. The number of rotatable bonds is 2. The summed E-state index contributed by atoms with van der Waals surface area (Å²) in [4.78, 5) is 19.1. The molecule has 2 N–H and O–H groups in total. The fourth-order valence-electron chi connectivity index (χ4n) is 1.24. The molecule has 0 saturated heterocycles. The molecule has 92 valence electrons. The van der Waals surface area contributed by atoms with Gasteiger partial charge in [0.15, 0.2) is 0 Å². The molecule has 0 aliphatic heterocycles. The summed E-state index contributed by atoms with van der Waals surface area (Å²) >= 11 is 0. The second-order valence-electron chi connectivity index (χ2n) is 2.95. The zero-order valence-electron chi connectivity index (χ0n) is 8.91. The molecule has 0 aliphatic rings. The fourth-order valence-corrected chi connectivity index (χ4v) is 1.24. The summed E-state index contributed by atoms with van der Waals surface area (Å²) in [5, 5.41) is 0. The Bertz CT molecular complexity index is 534. The van der Waals surface area contributed by atoms with Gasteiger partial charge in [0.05, 0.1) is 18.1 Å². The largest absolute Gasteiger partial charge is 0.481 e. The van der Waals surface area contributed by atoms with Crippen LogP contribution in [0.3, 0.4) is 0 Å². The van der Waals surface area contributed by atoms with E-state index in [0.717, 1.165) is 0 Å². The highest BCUT2D eigenvalue weighted by Gasteiger charge is 2.04. The molecule has 0 unspecified atom stereocenters. The molecule has 2 aromatic rings. The molecule has 1 amide bonds. The van der Waals surface area contributed by atoms with Crippen LogP contribution in [0.25, 0.3) is 11.0 Å². The minimum Gasteiger partial charge on any atom is -0.481 e. The predicted molar refractivity (Wildman–Crippen MR) is 69.1 cm³/mol. The number of halogens is 2. The Kier molecular flexibility index (Phi) is 5.64. The number of pyridine rings is 2. The van der Waals surface area contributed by atoms with Crippen LogP contribution < -0.4 is 10.5 Å². The smallest absolute Gasteiger partial charge is 0.267 e. The van der Waals surface area contributed by atoms with E-state index in [-0.39, 0.29) is 30.5 Å². The molecule has 2 aromatic heterocycles. The zero-order valence-corrected chi connectivity index (χ0v) is 10.5. The van der Waals surface area contributed by atoms with Crippen molar-refractivity contribution in [2.24, 2.45) is 5.73 Å². The summed E-state index contributed by atoms with van der Waals surface area (Å²) in [5.41, 5.74) is 6.63. The van der Waals surface area contributed by atoms with E-state index in [1.54, 1.807) is 25.3 Å². The first-order valence-corrected chi connectivity index (χ1v) is 4.32. The Morgan fingerprint density at radius 3 is 2.29 bits per heavy atom. The van der Waals surface area contributed by atoms with Gasteiger partial charge in [-0.15, -0.1) is 24.8 Å². The third-order valence-electron chi connectivity index (χ3n) is 1.98. The fraction of sp³-hybridized carbons (Fsp3) is 0.100. The van der Waals surface area contributed by atoms with Crippen molar-refractivity contribution < 1.29 is 9.53 Å². The summed E-state index contributed by atoms with van der Waals surface area (Å²) in [5.74, 6) is -0.0381. The number of ether oxygens (including phenoxy) is 1. The normalized spacial score (nSPS) is 9.00. The van der Waals surface area contributed by atoms with Crippen molar-refractivity contribution in [3.05, 3.63) is 30.0 Å². The maximum absolute atomic E-state index is 10.9. The molecule has 0 radical (unpaired) electrons. The molecule has 0 spiro atoms. The van der Waals surface area contributed by atoms with E-state index in [2.05, 4.69) is 9.97 Å². The number of aromatic nitrogens is 2. The maximum atomic E-state index is 10.9. The number of primary amides is 1. The van der Waals surface area contributed by atoms with E-state index in [1.807, 2.05) is 0 Å². The van der Waals surface area contributed by atoms with Gasteiger partial charge in [-0.3, -0.25) is 4.79 Å². The van der Waals surface area contributed by atoms with E-state index >= 15 is 0 Å². The molecule has 0 aliphatic carbocycles. The van der Waals surface area contributed by atoms with Crippen LogP contribution in [0.1, 0.15) is 10.5 Å². The van der Waals surface area contributed by atoms with Gasteiger partial charge in [0.2, 0.25) is 5.88 Å². The van der Waals surface area contributed by atoms with E-state index in [1.165, 1.54) is 6.07 Å². The summed E-state index contributed by atoms with van der Waals surface area (Å²) in [6.45, 7) is 0. The van der Waals surface area contributed by atoms with E-state index in [4.69, 9.17) is 10.5 Å². The average molecular weight is 276 g/mol. The topological polar surface area (TPSA) is 78.1 Å². The Balaban J connectivity index is 0.00000128. The van der Waals surface area contributed by atoms with Crippen LogP contribution in [-0.2, 0) is 0 Å². The molecule has 0 bridgehead atoms. The number of fused-ring (bicyclic) bond motifs is 1. The van der Waals surface area contributed by atoms with Crippen molar-refractivity contribution in [1.82, 2.24) is 9.97 Å². The van der Waals surface area contributed by atoms with Crippen LogP contribution >= 0.6 is 24.8 Å². The van der Waals surface area contributed by atoms with Gasteiger partial charge in [-0.2, -0.15) is 0 Å². The van der Waals surface area contributed by atoms with E-state index < -0.39 is 5.91 Å². The lowest BCUT2D eigenvalue weighted by atomic mass is 10.2. The monoisotopic (exact) mass is 275 g/mol. The molecule has 2 rings (SSSR count). The highest BCUT2D eigenvalue weighted by Crippen LogP contribution is 2.14. The van der Waals surface area contributed by atoms with Crippen LogP contribution in [0.4, 0.5) is 0 Å². The van der Waals surface area contributed by atoms with Gasteiger partial charge in [-0.05, 0) is 18.2 Å². The molecular formula is C10H11Cl2N3O2. The molecular weight excluding hydrogens is 265 g/mol. The van der Waals surface area contributed by atoms with Gasteiger partial charge in [0, 0.05) is 6.07 Å². The SMILES string of the molecule is COc1ccc2nc(C(N)=O)ccc2n1.Cl.Cl. The Hall–Kier alpha value is -1.59. The number of carbonyl (C=O) groups is 1. The van der Waals surface area contributed by atoms with Gasteiger partial charge >= 0.3 is 0 Å². The van der Waals surface area contributed by atoms with Crippen LogP contribution in [-0.4, -0.2) is 23.0 Å². The number of methoxy groups -OCH3 is 1. The lowest BCUT2D eigenvalue weighted by Crippen LogP contribution is -2.12. The summed E-state index contributed by atoms with van der Waals surface area (Å²) < 4.78 is 4.97. The van der Waals surface area contributed by atoms with Crippen molar-refractivity contribution in [2.45, 2.75) is 0 Å². The van der Waals surface area contributed by atoms with Crippen molar-refractivity contribution in [3.8, 4) is 5.88 Å². The molecule has 5 nitrogen and oxygen atoms in total. The number of nitrogens with two attached hydrogens (primary N) is 1. The van der Waals surface area contributed by atoms with Crippen molar-refractivity contribution in [1.29, 1.82) is 0 Å². The number of hydrogen-bond donors (Lipinski definition) is 1. The second-order valence-corrected chi connectivity index (χ2v) is 2.95. The lowest BCUT2D eigenvalue weighted by molar-refractivity contribution is 0.0996.